The third-order valence-corrected chi connectivity index (χ3v) is 4.08. The van der Waals surface area contributed by atoms with Crippen molar-refractivity contribution in [3.8, 4) is 0 Å². The Morgan fingerprint density at radius 1 is 1.06 bits per heavy atom. The van der Waals surface area contributed by atoms with Crippen LogP contribution in [0.15, 0.2) is 0 Å². The van der Waals surface area contributed by atoms with Crippen molar-refractivity contribution in [2.75, 3.05) is 13.1 Å². The van der Waals surface area contributed by atoms with E-state index in [0.717, 1.165) is 30.8 Å². The van der Waals surface area contributed by atoms with E-state index < -0.39 is 0 Å². The molecule has 0 radical (unpaired) electrons. The molecule has 0 aromatic heterocycles. The molecule has 1 unspecified atom stereocenters. The Hall–Kier alpha value is -0.0800. The van der Waals surface area contributed by atoms with Gasteiger partial charge in [0.05, 0.1) is 0 Å². The van der Waals surface area contributed by atoms with Crippen LogP contribution in [0.25, 0.3) is 0 Å². The van der Waals surface area contributed by atoms with Crippen molar-refractivity contribution in [3.05, 3.63) is 0 Å². The second-order valence-corrected chi connectivity index (χ2v) is 7.01. The van der Waals surface area contributed by atoms with Gasteiger partial charge < -0.3 is 5.73 Å². The molecular weight excluding hydrogens is 220 g/mol. The van der Waals surface area contributed by atoms with Crippen LogP contribution in [0.4, 0.5) is 0 Å². The molecule has 0 amide bonds. The Morgan fingerprint density at radius 3 is 2.17 bits per heavy atom. The average Bonchev–Trinajstić information content (AvgIpc) is 2.75. The van der Waals surface area contributed by atoms with Crippen LogP contribution in [-0.2, 0) is 0 Å². The van der Waals surface area contributed by atoms with Crippen LogP contribution in [0.5, 0.6) is 0 Å². The zero-order valence-corrected chi connectivity index (χ0v) is 13.0. The highest BCUT2D eigenvalue weighted by Gasteiger charge is 2.24. The van der Waals surface area contributed by atoms with Gasteiger partial charge in [-0.1, -0.05) is 40.5 Å². The fraction of sp³-hybridized carbons (Fsp3) is 1.00. The highest BCUT2D eigenvalue weighted by Crippen LogP contribution is 2.24. The van der Waals surface area contributed by atoms with Crippen LogP contribution < -0.4 is 5.73 Å². The van der Waals surface area contributed by atoms with E-state index in [0.29, 0.717) is 6.04 Å². The Kier molecular flexibility index (Phi) is 7.25. The summed E-state index contributed by atoms with van der Waals surface area (Å²) in [5.74, 6) is 1.52. The highest BCUT2D eigenvalue weighted by molar-refractivity contribution is 4.81. The molecule has 18 heavy (non-hydrogen) atoms. The fourth-order valence-electron chi connectivity index (χ4n) is 3.10. The van der Waals surface area contributed by atoms with Gasteiger partial charge in [0.1, 0.15) is 0 Å². The van der Waals surface area contributed by atoms with Gasteiger partial charge in [0.2, 0.25) is 0 Å². The van der Waals surface area contributed by atoms with E-state index in [1.165, 1.54) is 38.6 Å². The molecule has 1 atom stereocenters. The summed E-state index contributed by atoms with van der Waals surface area (Å²) >= 11 is 0. The molecule has 0 bridgehead atoms. The minimum Gasteiger partial charge on any atom is -0.327 e. The first-order chi connectivity index (χ1) is 8.49. The lowest BCUT2D eigenvalue weighted by Crippen LogP contribution is -2.43. The van der Waals surface area contributed by atoms with E-state index in [1.807, 2.05) is 0 Å². The van der Waals surface area contributed by atoms with Crippen molar-refractivity contribution in [1.82, 2.24) is 4.90 Å². The van der Waals surface area contributed by atoms with Gasteiger partial charge >= 0.3 is 0 Å². The van der Waals surface area contributed by atoms with Crippen LogP contribution in [0.1, 0.15) is 66.2 Å². The largest absolute Gasteiger partial charge is 0.327 e. The van der Waals surface area contributed by atoms with Gasteiger partial charge in [0, 0.05) is 18.6 Å². The third kappa shape index (κ3) is 6.19. The van der Waals surface area contributed by atoms with Gasteiger partial charge in [-0.15, -0.1) is 0 Å². The van der Waals surface area contributed by atoms with E-state index >= 15 is 0 Å². The molecule has 0 aliphatic heterocycles. The topological polar surface area (TPSA) is 29.3 Å². The lowest BCUT2D eigenvalue weighted by molar-refractivity contribution is 0.171. The number of hydrogen-bond acceptors (Lipinski definition) is 2. The summed E-state index contributed by atoms with van der Waals surface area (Å²) in [6.45, 7) is 11.5. The van der Waals surface area contributed by atoms with Crippen LogP contribution >= 0.6 is 0 Å². The first-order valence-corrected chi connectivity index (χ1v) is 7.98. The van der Waals surface area contributed by atoms with E-state index in [2.05, 4.69) is 32.6 Å². The van der Waals surface area contributed by atoms with Crippen LogP contribution in [0.3, 0.4) is 0 Å². The summed E-state index contributed by atoms with van der Waals surface area (Å²) in [7, 11) is 0. The Bertz CT molecular complexity index is 207. The normalized spacial score (nSPS) is 19.3. The van der Waals surface area contributed by atoms with Gasteiger partial charge in [-0.25, -0.2) is 0 Å². The van der Waals surface area contributed by atoms with Crippen LogP contribution in [0, 0.1) is 11.8 Å². The number of nitrogens with two attached hydrogens (primary N) is 1. The van der Waals surface area contributed by atoms with Crippen LogP contribution in [-0.4, -0.2) is 30.1 Å². The number of nitrogens with zero attached hydrogens (tertiary/aromatic N) is 1. The minimum absolute atomic E-state index is 0.359. The maximum Gasteiger partial charge on any atom is 0.0170 e. The van der Waals surface area contributed by atoms with Gasteiger partial charge in [-0.3, -0.25) is 4.90 Å². The van der Waals surface area contributed by atoms with Gasteiger partial charge in [0.25, 0.3) is 0 Å². The van der Waals surface area contributed by atoms with Crippen molar-refractivity contribution in [2.45, 2.75) is 78.3 Å². The second-order valence-electron chi connectivity index (χ2n) is 7.01. The predicted molar refractivity (Wildman–Crippen MR) is 80.7 cm³/mol. The molecule has 0 heterocycles. The highest BCUT2D eigenvalue weighted by atomic mass is 15.2. The van der Waals surface area contributed by atoms with E-state index in [-0.39, 0.29) is 0 Å². The lowest BCUT2D eigenvalue weighted by atomic mass is 10.0. The van der Waals surface area contributed by atoms with E-state index in [9.17, 15) is 0 Å². The standard InChI is InChI=1S/C16H34N2/c1-13(2)9-10-18(16-7-5-6-8-16)12-15(17)11-14(3)4/h13-16H,5-12,17H2,1-4H3. The van der Waals surface area contributed by atoms with Crippen molar-refractivity contribution in [1.29, 1.82) is 0 Å². The molecule has 2 N–H and O–H groups in total. The summed E-state index contributed by atoms with van der Waals surface area (Å²) in [4.78, 5) is 2.69. The van der Waals surface area contributed by atoms with Crippen molar-refractivity contribution >= 4 is 0 Å². The first-order valence-electron chi connectivity index (χ1n) is 7.98. The van der Waals surface area contributed by atoms with Crippen molar-refractivity contribution in [2.24, 2.45) is 17.6 Å². The molecule has 0 spiro atoms. The zero-order chi connectivity index (χ0) is 13.5. The molecular formula is C16H34N2. The van der Waals surface area contributed by atoms with Crippen LogP contribution in [0.2, 0.25) is 0 Å². The second kappa shape index (κ2) is 8.16. The van der Waals surface area contributed by atoms with Gasteiger partial charge in [-0.2, -0.15) is 0 Å². The lowest BCUT2D eigenvalue weighted by Gasteiger charge is -2.32. The monoisotopic (exact) mass is 254 g/mol. The van der Waals surface area contributed by atoms with Gasteiger partial charge in [0.15, 0.2) is 0 Å². The minimum atomic E-state index is 0.359. The SMILES string of the molecule is CC(C)CCN(CC(N)CC(C)C)C1CCCC1. The molecule has 1 aliphatic rings. The molecule has 2 nitrogen and oxygen atoms in total. The van der Waals surface area contributed by atoms with Gasteiger partial charge in [-0.05, 0) is 44.1 Å². The molecule has 0 aromatic carbocycles. The van der Waals surface area contributed by atoms with E-state index in [1.54, 1.807) is 0 Å². The zero-order valence-electron chi connectivity index (χ0n) is 13.0. The number of rotatable bonds is 8. The molecule has 1 saturated carbocycles. The Balaban J connectivity index is 2.42. The molecule has 0 aromatic rings. The fourth-order valence-corrected chi connectivity index (χ4v) is 3.10. The molecule has 1 aliphatic carbocycles. The first kappa shape index (κ1) is 16.0. The molecule has 1 rings (SSSR count). The summed E-state index contributed by atoms with van der Waals surface area (Å²) in [6.07, 6.45) is 8.10. The van der Waals surface area contributed by atoms with E-state index in [4.69, 9.17) is 5.73 Å². The summed E-state index contributed by atoms with van der Waals surface area (Å²) in [5.41, 5.74) is 6.31. The quantitative estimate of drug-likeness (QED) is 0.716. The maximum absolute atomic E-state index is 6.31. The smallest absolute Gasteiger partial charge is 0.0170 e. The molecule has 0 saturated heterocycles. The Labute approximate surface area is 114 Å². The third-order valence-electron chi connectivity index (χ3n) is 4.08. The summed E-state index contributed by atoms with van der Waals surface area (Å²) in [5, 5.41) is 0. The van der Waals surface area contributed by atoms with Crippen molar-refractivity contribution in [3.63, 3.8) is 0 Å². The summed E-state index contributed by atoms with van der Waals surface area (Å²) in [6, 6.07) is 1.18. The Morgan fingerprint density at radius 2 is 1.67 bits per heavy atom. The molecule has 108 valence electrons. The number of hydrogen-bond donors (Lipinski definition) is 1. The predicted octanol–water partition coefficient (Wildman–Crippen LogP) is 3.65. The molecule has 2 heteroatoms. The van der Waals surface area contributed by atoms with Crippen molar-refractivity contribution < 1.29 is 0 Å². The average molecular weight is 254 g/mol. The molecule has 1 fully saturated rings. The maximum atomic E-state index is 6.31. The summed E-state index contributed by atoms with van der Waals surface area (Å²) < 4.78 is 0.